The highest BCUT2D eigenvalue weighted by molar-refractivity contribution is 5.96. The minimum absolute atomic E-state index is 0.130. The van der Waals surface area contributed by atoms with Gasteiger partial charge in [-0.15, -0.1) is 0 Å². The molecule has 2 aromatic heterocycles. The van der Waals surface area contributed by atoms with E-state index in [-0.39, 0.29) is 5.91 Å². The largest absolute Gasteiger partial charge is 0.344 e. The molecule has 0 atom stereocenters. The number of rotatable bonds is 2. The van der Waals surface area contributed by atoms with Crippen molar-refractivity contribution in [1.82, 2.24) is 19.2 Å². The summed E-state index contributed by atoms with van der Waals surface area (Å²) in [6, 6.07) is 8.86. The first kappa shape index (κ1) is 15.9. The van der Waals surface area contributed by atoms with Gasteiger partial charge in [-0.25, -0.2) is 0 Å². The van der Waals surface area contributed by atoms with E-state index in [1.807, 2.05) is 16.6 Å². The molecule has 0 bridgehead atoms. The summed E-state index contributed by atoms with van der Waals surface area (Å²) >= 11 is 0. The minimum Gasteiger partial charge on any atom is -0.344 e. The quantitative estimate of drug-likeness (QED) is 0.718. The van der Waals surface area contributed by atoms with Crippen molar-refractivity contribution >= 4 is 16.8 Å². The number of hydrogen-bond donors (Lipinski definition) is 0. The Labute approximate surface area is 147 Å². The maximum absolute atomic E-state index is 11.9. The molecule has 0 unspecified atom stereocenters. The van der Waals surface area contributed by atoms with Gasteiger partial charge in [0.05, 0.1) is 5.69 Å². The number of benzene rings is 1. The fourth-order valence-electron chi connectivity index (χ4n) is 3.90. The number of carbonyl (C=O) groups excluding carboxylic acids is 1. The van der Waals surface area contributed by atoms with Crippen LogP contribution in [-0.4, -0.2) is 31.7 Å². The normalized spacial score (nSPS) is 14.4. The van der Waals surface area contributed by atoms with Crippen LogP contribution in [0.1, 0.15) is 38.1 Å². The molecule has 1 aliphatic rings. The van der Waals surface area contributed by atoms with E-state index < -0.39 is 0 Å². The fraction of sp³-hybridized carbons (Fsp3) is 0.400. The topological polar surface area (TPSA) is 43.1 Å². The first-order valence-corrected chi connectivity index (χ1v) is 8.87. The van der Waals surface area contributed by atoms with E-state index in [1.165, 1.54) is 22.2 Å². The third-order valence-electron chi connectivity index (χ3n) is 5.24. The van der Waals surface area contributed by atoms with Gasteiger partial charge in [0.1, 0.15) is 0 Å². The molecule has 0 N–H and O–H groups in total. The molecule has 1 amide bonds. The number of amides is 1. The van der Waals surface area contributed by atoms with Crippen LogP contribution in [0.25, 0.3) is 22.2 Å². The first-order chi connectivity index (χ1) is 12.0. The summed E-state index contributed by atoms with van der Waals surface area (Å²) in [4.78, 5) is 13.8. The highest BCUT2D eigenvalue weighted by Gasteiger charge is 2.27. The van der Waals surface area contributed by atoms with E-state index in [1.54, 1.807) is 6.92 Å². The van der Waals surface area contributed by atoms with Crippen LogP contribution in [0.3, 0.4) is 0 Å². The number of fused-ring (bicyclic) bond motifs is 2. The molecule has 0 saturated carbocycles. The van der Waals surface area contributed by atoms with Gasteiger partial charge in [-0.05, 0) is 19.9 Å². The molecule has 25 heavy (non-hydrogen) atoms. The minimum atomic E-state index is 0.130. The molecular weight excluding hydrogens is 312 g/mol. The summed E-state index contributed by atoms with van der Waals surface area (Å²) in [6.45, 7) is 7.46. The Morgan fingerprint density at radius 2 is 2.00 bits per heavy atom. The Hall–Kier alpha value is -2.56. The average molecular weight is 336 g/mol. The maximum Gasteiger partial charge on any atom is 0.219 e. The van der Waals surface area contributed by atoms with Crippen LogP contribution in [0.5, 0.6) is 0 Å². The van der Waals surface area contributed by atoms with Crippen LogP contribution in [0, 0.1) is 0 Å². The Kier molecular flexibility index (Phi) is 3.67. The Bertz CT molecular complexity index is 964. The van der Waals surface area contributed by atoms with Crippen LogP contribution < -0.4 is 0 Å². The van der Waals surface area contributed by atoms with Crippen molar-refractivity contribution in [3.8, 4) is 11.3 Å². The van der Waals surface area contributed by atoms with Crippen LogP contribution in [0.2, 0.25) is 0 Å². The maximum atomic E-state index is 11.9. The molecule has 0 radical (unpaired) electrons. The molecular formula is C20H24N4O. The van der Waals surface area contributed by atoms with Crippen molar-refractivity contribution < 1.29 is 4.79 Å². The molecule has 3 aromatic rings. The summed E-state index contributed by atoms with van der Waals surface area (Å²) in [5.41, 5.74) is 5.83. The summed E-state index contributed by atoms with van der Waals surface area (Å²) in [7, 11) is 2.01. The number of aryl methyl sites for hydroxylation is 1. The van der Waals surface area contributed by atoms with E-state index in [9.17, 15) is 4.79 Å². The van der Waals surface area contributed by atoms with Gasteiger partial charge < -0.3 is 9.47 Å². The molecule has 5 heteroatoms. The van der Waals surface area contributed by atoms with Gasteiger partial charge in [-0.1, -0.05) is 18.2 Å². The first-order valence-electron chi connectivity index (χ1n) is 8.87. The van der Waals surface area contributed by atoms with E-state index >= 15 is 0 Å². The Morgan fingerprint density at radius 1 is 1.24 bits per heavy atom. The molecule has 3 heterocycles. The van der Waals surface area contributed by atoms with Crippen LogP contribution in [-0.2, 0) is 24.8 Å². The fourth-order valence-corrected chi connectivity index (χ4v) is 3.90. The van der Waals surface area contributed by atoms with Crippen molar-refractivity contribution in [2.75, 3.05) is 6.54 Å². The molecule has 1 aliphatic heterocycles. The molecule has 0 spiro atoms. The lowest BCUT2D eigenvalue weighted by atomic mass is 10.0. The lowest BCUT2D eigenvalue weighted by molar-refractivity contribution is -0.129. The Morgan fingerprint density at radius 3 is 2.72 bits per heavy atom. The van der Waals surface area contributed by atoms with Crippen molar-refractivity contribution in [3.63, 3.8) is 0 Å². The highest BCUT2D eigenvalue weighted by atomic mass is 16.2. The van der Waals surface area contributed by atoms with E-state index in [4.69, 9.17) is 5.10 Å². The molecule has 0 fully saturated rings. The SMILES string of the molecule is CC(=O)N1CCc2c(c(-c3cn(C(C)C)c4ccccc34)nn2C)C1. The van der Waals surface area contributed by atoms with Gasteiger partial charge in [0, 0.05) is 73.4 Å². The van der Waals surface area contributed by atoms with Crippen molar-refractivity contribution in [2.24, 2.45) is 7.05 Å². The van der Waals surface area contributed by atoms with Crippen LogP contribution in [0.4, 0.5) is 0 Å². The second kappa shape index (κ2) is 5.76. The predicted molar refractivity (Wildman–Crippen MR) is 99.3 cm³/mol. The lowest BCUT2D eigenvalue weighted by Gasteiger charge is -2.26. The van der Waals surface area contributed by atoms with Gasteiger partial charge in [-0.3, -0.25) is 9.48 Å². The van der Waals surface area contributed by atoms with Gasteiger partial charge in [-0.2, -0.15) is 5.10 Å². The number of carbonyl (C=O) groups is 1. The van der Waals surface area contributed by atoms with Crippen molar-refractivity contribution in [3.05, 3.63) is 41.7 Å². The lowest BCUT2D eigenvalue weighted by Crippen LogP contribution is -2.34. The summed E-state index contributed by atoms with van der Waals surface area (Å²) < 4.78 is 4.29. The van der Waals surface area contributed by atoms with Gasteiger partial charge in [0.25, 0.3) is 0 Å². The number of nitrogens with zero attached hydrogens (tertiary/aromatic N) is 4. The summed E-state index contributed by atoms with van der Waals surface area (Å²) in [5, 5.41) is 6.06. The summed E-state index contributed by atoms with van der Waals surface area (Å²) in [5.74, 6) is 0.130. The third kappa shape index (κ3) is 2.46. The molecule has 1 aromatic carbocycles. The average Bonchev–Trinajstić information content (AvgIpc) is 3.13. The number of aromatic nitrogens is 3. The monoisotopic (exact) mass is 336 g/mol. The zero-order chi connectivity index (χ0) is 17.7. The molecule has 4 rings (SSSR count). The predicted octanol–water partition coefficient (Wildman–Crippen LogP) is 3.53. The highest BCUT2D eigenvalue weighted by Crippen LogP contribution is 2.36. The smallest absolute Gasteiger partial charge is 0.219 e. The van der Waals surface area contributed by atoms with Gasteiger partial charge in [0.2, 0.25) is 5.91 Å². The standard InChI is InChI=1S/C20H24N4O/c1-13(2)24-12-16(15-7-5-6-8-19(15)24)20-17-11-23(14(3)25)10-9-18(17)22(4)21-20/h5-8,12-13H,9-11H2,1-4H3. The second-order valence-electron chi connectivity index (χ2n) is 7.15. The zero-order valence-corrected chi connectivity index (χ0v) is 15.3. The van der Waals surface area contributed by atoms with E-state index in [2.05, 4.69) is 48.9 Å². The van der Waals surface area contributed by atoms with Gasteiger partial charge >= 0.3 is 0 Å². The van der Waals surface area contributed by atoms with Crippen molar-refractivity contribution in [1.29, 1.82) is 0 Å². The van der Waals surface area contributed by atoms with Crippen molar-refractivity contribution in [2.45, 2.75) is 39.8 Å². The molecule has 0 aliphatic carbocycles. The zero-order valence-electron chi connectivity index (χ0n) is 15.3. The summed E-state index contributed by atoms with van der Waals surface area (Å²) in [6.07, 6.45) is 3.08. The number of hydrogen-bond acceptors (Lipinski definition) is 2. The van der Waals surface area contributed by atoms with Gasteiger partial charge in [0.15, 0.2) is 0 Å². The van der Waals surface area contributed by atoms with Crippen LogP contribution >= 0.6 is 0 Å². The number of para-hydroxylation sites is 1. The van der Waals surface area contributed by atoms with Crippen LogP contribution in [0.15, 0.2) is 30.5 Å². The molecule has 0 saturated heterocycles. The van der Waals surface area contributed by atoms with E-state index in [0.29, 0.717) is 12.6 Å². The second-order valence-corrected chi connectivity index (χ2v) is 7.15. The molecule has 130 valence electrons. The third-order valence-corrected chi connectivity index (χ3v) is 5.24. The Balaban J connectivity index is 1.92. The van der Waals surface area contributed by atoms with E-state index in [0.717, 1.165) is 24.2 Å². The molecule has 5 nitrogen and oxygen atoms in total.